The number of aromatic nitrogens is 4. The van der Waals surface area contributed by atoms with Crippen LogP contribution in [0.5, 0.6) is 0 Å². The molecule has 0 bridgehead atoms. The standard InChI is InChI=1S/C11H21N5/c1-10(2,3)16-14-9(13-15-16)8-7(6-12)11(8,4)5/h7-8H,6,12H2,1-5H3. The van der Waals surface area contributed by atoms with E-state index in [2.05, 4.69) is 50.0 Å². The molecule has 0 aromatic carbocycles. The third-order valence-electron chi connectivity index (χ3n) is 3.61. The Morgan fingerprint density at radius 3 is 2.38 bits per heavy atom. The van der Waals surface area contributed by atoms with E-state index in [4.69, 9.17) is 5.73 Å². The van der Waals surface area contributed by atoms with Crippen LogP contribution in [-0.4, -0.2) is 26.8 Å². The van der Waals surface area contributed by atoms with Crippen LogP contribution in [0.4, 0.5) is 0 Å². The molecule has 2 N–H and O–H groups in total. The molecular formula is C11H21N5. The third kappa shape index (κ3) is 1.63. The average Bonchev–Trinajstić information content (AvgIpc) is 2.57. The van der Waals surface area contributed by atoms with Crippen molar-refractivity contribution in [2.45, 2.75) is 46.1 Å². The first-order chi connectivity index (χ1) is 7.28. The van der Waals surface area contributed by atoms with Gasteiger partial charge < -0.3 is 5.73 Å². The van der Waals surface area contributed by atoms with Crippen LogP contribution in [0.2, 0.25) is 0 Å². The van der Waals surface area contributed by atoms with Crippen molar-refractivity contribution >= 4 is 0 Å². The van der Waals surface area contributed by atoms with E-state index in [1.54, 1.807) is 4.80 Å². The highest BCUT2D eigenvalue weighted by molar-refractivity contribution is 5.19. The molecule has 0 radical (unpaired) electrons. The Morgan fingerprint density at radius 2 is 2.00 bits per heavy atom. The van der Waals surface area contributed by atoms with E-state index in [1.807, 2.05) is 0 Å². The number of tetrazole rings is 1. The molecule has 2 rings (SSSR count). The third-order valence-corrected chi connectivity index (χ3v) is 3.61. The lowest BCUT2D eigenvalue weighted by Crippen LogP contribution is -2.24. The van der Waals surface area contributed by atoms with Crippen LogP contribution in [0.3, 0.4) is 0 Å². The van der Waals surface area contributed by atoms with E-state index < -0.39 is 0 Å². The smallest absolute Gasteiger partial charge is 0.178 e. The van der Waals surface area contributed by atoms with E-state index in [0.29, 0.717) is 18.4 Å². The molecule has 0 aliphatic heterocycles. The van der Waals surface area contributed by atoms with Crippen molar-refractivity contribution in [3.63, 3.8) is 0 Å². The van der Waals surface area contributed by atoms with Crippen LogP contribution in [0.1, 0.15) is 46.4 Å². The Morgan fingerprint density at radius 1 is 1.38 bits per heavy atom. The SMILES string of the molecule is CC1(C)C(CN)C1c1nnn(C(C)(C)C)n1. The van der Waals surface area contributed by atoms with Crippen molar-refractivity contribution in [3.8, 4) is 0 Å². The van der Waals surface area contributed by atoms with Crippen LogP contribution < -0.4 is 5.73 Å². The lowest BCUT2D eigenvalue weighted by atomic mass is 10.1. The van der Waals surface area contributed by atoms with Gasteiger partial charge in [0.15, 0.2) is 5.82 Å². The molecule has 1 aliphatic carbocycles. The predicted molar refractivity (Wildman–Crippen MR) is 61.9 cm³/mol. The van der Waals surface area contributed by atoms with Gasteiger partial charge in [0, 0.05) is 5.92 Å². The van der Waals surface area contributed by atoms with Crippen molar-refractivity contribution < 1.29 is 0 Å². The topological polar surface area (TPSA) is 69.6 Å². The Kier molecular flexibility index (Phi) is 2.35. The summed E-state index contributed by atoms with van der Waals surface area (Å²) in [5, 5.41) is 12.8. The highest BCUT2D eigenvalue weighted by atomic mass is 15.6. The lowest BCUT2D eigenvalue weighted by Gasteiger charge is -2.15. The molecule has 1 aromatic rings. The second kappa shape index (κ2) is 3.26. The Labute approximate surface area is 96.4 Å². The molecule has 2 atom stereocenters. The van der Waals surface area contributed by atoms with Gasteiger partial charge >= 0.3 is 0 Å². The molecule has 1 saturated carbocycles. The zero-order valence-corrected chi connectivity index (χ0v) is 10.7. The molecule has 5 nitrogen and oxygen atoms in total. The molecule has 0 saturated heterocycles. The van der Waals surface area contributed by atoms with E-state index in [9.17, 15) is 0 Å². The minimum absolute atomic E-state index is 0.109. The first-order valence-electron chi connectivity index (χ1n) is 5.79. The normalized spacial score (nSPS) is 28.1. The van der Waals surface area contributed by atoms with E-state index in [-0.39, 0.29) is 11.0 Å². The Balaban J connectivity index is 2.22. The molecule has 1 aliphatic rings. The molecule has 0 amide bonds. The van der Waals surface area contributed by atoms with Gasteiger partial charge in [-0.15, -0.1) is 10.2 Å². The second-order valence-corrected chi connectivity index (χ2v) is 6.25. The fraction of sp³-hybridized carbons (Fsp3) is 0.909. The van der Waals surface area contributed by atoms with Crippen molar-refractivity contribution in [2.75, 3.05) is 6.54 Å². The largest absolute Gasteiger partial charge is 0.330 e. The van der Waals surface area contributed by atoms with E-state index in [1.165, 1.54) is 0 Å². The van der Waals surface area contributed by atoms with Crippen molar-refractivity contribution in [1.29, 1.82) is 0 Å². The first kappa shape index (κ1) is 11.5. The molecule has 0 spiro atoms. The summed E-state index contributed by atoms with van der Waals surface area (Å²) in [6, 6.07) is 0. The molecule has 1 fully saturated rings. The van der Waals surface area contributed by atoms with Gasteiger partial charge in [-0.3, -0.25) is 0 Å². The summed E-state index contributed by atoms with van der Waals surface area (Å²) in [6.45, 7) is 11.3. The van der Waals surface area contributed by atoms with Crippen LogP contribution in [-0.2, 0) is 5.54 Å². The molecule has 1 aromatic heterocycles. The van der Waals surface area contributed by atoms with Gasteiger partial charge in [-0.25, -0.2) is 0 Å². The van der Waals surface area contributed by atoms with Gasteiger partial charge in [0.05, 0.1) is 5.54 Å². The predicted octanol–water partition coefficient (Wildman–Crippen LogP) is 1.13. The average molecular weight is 223 g/mol. The van der Waals surface area contributed by atoms with Crippen molar-refractivity contribution in [1.82, 2.24) is 20.2 Å². The summed E-state index contributed by atoms with van der Waals surface area (Å²) in [5.74, 6) is 1.70. The number of nitrogens with two attached hydrogens (primary N) is 1. The Hall–Kier alpha value is -0.970. The molecule has 1 heterocycles. The van der Waals surface area contributed by atoms with Gasteiger partial charge in [-0.2, -0.15) is 4.80 Å². The maximum Gasteiger partial charge on any atom is 0.178 e. The number of rotatable bonds is 2. The van der Waals surface area contributed by atoms with Gasteiger partial charge in [0.1, 0.15) is 0 Å². The summed E-state index contributed by atoms with van der Waals surface area (Å²) in [6.07, 6.45) is 0. The summed E-state index contributed by atoms with van der Waals surface area (Å²) < 4.78 is 0. The minimum Gasteiger partial charge on any atom is -0.330 e. The summed E-state index contributed by atoms with van der Waals surface area (Å²) in [5.41, 5.74) is 5.86. The quantitative estimate of drug-likeness (QED) is 0.816. The molecular weight excluding hydrogens is 202 g/mol. The van der Waals surface area contributed by atoms with Crippen molar-refractivity contribution in [2.24, 2.45) is 17.1 Å². The van der Waals surface area contributed by atoms with Gasteiger partial charge in [-0.05, 0) is 43.9 Å². The minimum atomic E-state index is -0.109. The van der Waals surface area contributed by atoms with E-state index >= 15 is 0 Å². The van der Waals surface area contributed by atoms with E-state index in [0.717, 1.165) is 5.82 Å². The lowest BCUT2D eigenvalue weighted by molar-refractivity contribution is 0.305. The summed E-state index contributed by atoms with van der Waals surface area (Å²) >= 11 is 0. The van der Waals surface area contributed by atoms with Crippen molar-refractivity contribution in [3.05, 3.63) is 5.82 Å². The van der Waals surface area contributed by atoms with Gasteiger partial charge in [-0.1, -0.05) is 13.8 Å². The van der Waals surface area contributed by atoms with Crippen LogP contribution in [0.25, 0.3) is 0 Å². The fourth-order valence-corrected chi connectivity index (χ4v) is 2.33. The fourth-order valence-electron chi connectivity index (χ4n) is 2.33. The first-order valence-corrected chi connectivity index (χ1v) is 5.79. The zero-order chi connectivity index (χ0) is 12.1. The molecule has 90 valence electrons. The maximum absolute atomic E-state index is 5.75. The number of hydrogen-bond acceptors (Lipinski definition) is 4. The number of hydrogen-bond donors (Lipinski definition) is 1. The molecule has 2 unspecified atom stereocenters. The van der Waals surface area contributed by atoms with Crippen LogP contribution in [0, 0.1) is 11.3 Å². The highest BCUT2D eigenvalue weighted by Gasteiger charge is 2.59. The van der Waals surface area contributed by atoms with Crippen LogP contribution >= 0.6 is 0 Å². The summed E-state index contributed by atoms with van der Waals surface area (Å²) in [4.78, 5) is 1.68. The summed E-state index contributed by atoms with van der Waals surface area (Å²) in [7, 11) is 0. The second-order valence-electron chi connectivity index (χ2n) is 6.25. The number of nitrogens with zero attached hydrogens (tertiary/aromatic N) is 4. The molecule has 16 heavy (non-hydrogen) atoms. The van der Waals surface area contributed by atoms with Gasteiger partial charge in [0.25, 0.3) is 0 Å². The van der Waals surface area contributed by atoms with Gasteiger partial charge in [0.2, 0.25) is 0 Å². The maximum atomic E-state index is 5.75. The highest BCUT2D eigenvalue weighted by Crippen LogP contribution is 2.62. The van der Waals surface area contributed by atoms with Crippen LogP contribution in [0.15, 0.2) is 0 Å². The Bertz CT molecular complexity index is 387. The monoisotopic (exact) mass is 223 g/mol. The zero-order valence-electron chi connectivity index (χ0n) is 10.7. The molecule has 5 heteroatoms.